The molecule has 0 saturated carbocycles. The monoisotopic (exact) mass is 397 g/mol. The molecule has 2 unspecified atom stereocenters. The van der Waals surface area contributed by atoms with Crippen LogP contribution in [0.3, 0.4) is 0 Å². The summed E-state index contributed by atoms with van der Waals surface area (Å²) >= 11 is 0. The van der Waals surface area contributed by atoms with Crippen molar-refractivity contribution in [3.63, 3.8) is 0 Å². The van der Waals surface area contributed by atoms with E-state index in [2.05, 4.69) is 22.2 Å². The van der Waals surface area contributed by atoms with Gasteiger partial charge in [-0.2, -0.15) is 0 Å². The number of carbonyl (C=O) groups excluding carboxylic acids is 1. The number of aromatic nitrogens is 2. The van der Waals surface area contributed by atoms with Crippen LogP contribution in [0.15, 0.2) is 30.3 Å². The third kappa shape index (κ3) is 4.88. The van der Waals surface area contributed by atoms with E-state index in [4.69, 9.17) is 0 Å². The standard InChI is InChI=1S/C21H27N5O3/c1-4-17-13-19(22-15(3)21(27)25-12-6-5-7-14(25)2)24-20(23-17)16-8-10-18(11-9-16)26(28)29/h8-11,13-15H,4-7,12H2,1-3H3,(H,22,23,24). The smallest absolute Gasteiger partial charge is 0.269 e. The number of amides is 1. The molecule has 1 fully saturated rings. The Morgan fingerprint density at radius 2 is 2.03 bits per heavy atom. The largest absolute Gasteiger partial charge is 0.358 e. The van der Waals surface area contributed by atoms with Crippen LogP contribution in [0.5, 0.6) is 0 Å². The van der Waals surface area contributed by atoms with Crippen LogP contribution in [0.2, 0.25) is 0 Å². The first kappa shape index (κ1) is 20.7. The first-order valence-corrected chi connectivity index (χ1v) is 10.1. The van der Waals surface area contributed by atoms with Gasteiger partial charge in [-0.3, -0.25) is 14.9 Å². The second kappa shape index (κ2) is 8.98. The average molecular weight is 397 g/mol. The quantitative estimate of drug-likeness (QED) is 0.587. The molecule has 154 valence electrons. The van der Waals surface area contributed by atoms with Crippen molar-refractivity contribution in [2.75, 3.05) is 11.9 Å². The summed E-state index contributed by atoms with van der Waals surface area (Å²) in [7, 11) is 0. The number of benzene rings is 1. The highest BCUT2D eigenvalue weighted by atomic mass is 16.6. The molecule has 1 aliphatic rings. The Balaban J connectivity index is 1.81. The Morgan fingerprint density at radius 1 is 1.31 bits per heavy atom. The number of nitrogens with zero attached hydrogens (tertiary/aromatic N) is 4. The zero-order valence-electron chi connectivity index (χ0n) is 17.1. The van der Waals surface area contributed by atoms with Gasteiger partial charge in [-0.05, 0) is 51.7 Å². The van der Waals surface area contributed by atoms with E-state index in [-0.39, 0.29) is 17.6 Å². The predicted molar refractivity (Wildman–Crippen MR) is 112 cm³/mol. The number of carbonyl (C=O) groups is 1. The molecule has 0 bridgehead atoms. The van der Waals surface area contributed by atoms with E-state index in [0.717, 1.165) is 31.5 Å². The summed E-state index contributed by atoms with van der Waals surface area (Å²) in [6.07, 6.45) is 3.95. The number of hydrogen-bond donors (Lipinski definition) is 1. The Kier molecular flexibility index (Phi) is 6.41. The number of anilines is 1. The third-order valence-electron chi connectivity index (χ3n) is 5.30. The van der Waals surface area contributed by atoms with Gasteiger partial charge >= 0.3 is 0 Å². The van der Waals surface area contributed by atoms with Crippen molar-refractivity contribution in [1.29, 1.82) is 0 Å². The van der Waals surface area contributed by atoms with Crippen LogP contribution in [-0.2, 0) is 11.2 Å². The van der Waals surface area contributed by atoms with Crippen LogP contribution in [0.25, 0.3) is 11.4 Å². The van der Waals surface area contributed by atoms with Crippen LogP contribution in [0.1, 0.15) is 45.7 Å². The molecule has 0 spiro atoms. The molecule has 1 aromatic heterocycles. The molecular weight excluding hydrogens is 370 g/mol. The van der Waals surface area contributed by atoms with E-state index >= 15 is 0 Å². The molecule has 1 N–H and O–H groups in total. The Morgan fingerprint density at radius 3 is 2.66 bits per heavy atom. The van der Waals surface area contributed by atoms with Gasteiger partial charge in [0.2, 0.25) is 5.91 Å². The van der Waals surface area contributed by atoms with Crippen molar-refractivity contribution in [3.05, 3.63) is 46.1 Å². The van der Waals surface area contributed by atoms with Gasteiger partial charge in [-0.1, -0.05) is 6.92 Å². The fourth-order valence-electron chi connectivity index (χ4n) is 3.57. The number of non-ortho nitro benzene ring substituents is 1. The van der Waals surface area contributed by atoms with Crippen LogP contribution < -0.4 is 5.32 Å². The van der Waals surface area contributed by atoms with Gasteiger partial charge in [0.1, 0.15) is 11.9 Å². The lowest BCUT2D eigenvalue weighted by atomic mass is 10.0. The van der Waals surface area contributed by atoms with Gasteiger partial charge in [0.05, 0.1) is 4.92 Å². The van der Waals surface area contributed by atoms with Crippen molar-refractivity contribution >= 4 is 17.4 Å². The predicted octanol–water partition coefficient (Wildman–Crippen LogP) is 3.82. The average Bonchev–Trinajstić information content (AvgIpc) is 2.73. The number of rotatable bonds is 6. The number of hydrogen-bond acceptors (Lipinski definition) is 6. The summed E-state index contributed by atoms with van der Waals surface area (Å²) < 4.78 is 0. The lowest BCUT2D eigenvalue weighted by Crippen LogP contribution is -2.48. The van der Waals surface area contributed by atoms with Crippen LogP contribution in [-0.4, -0.2) is 44.3 Å². The van der Waals surface area contributed by atoms with E-state index in [0.29, 0.717) is 23.6 Å². The van der Waals surface area contributed by atoms with E-state index < -0.39 is 11.0 Å². The van der Waals surface area contributed by atoms with Crippen LogP contribution in [0, 0.1) is 10.1 Å². The maximum atomic E-state index is 12.9. The summed E-state index contributed by atoms with van der Waals surface area (Å²) in [4.78, 5) is 34.3. The van der Waals surface area contributed by atoms with Gasteiger partial charge in [0.25, 0.3) is 5.69 Å². The molecule has 2 atom stereocenters. The van der Waals surface area contributed by atoms with Crippen LogP contribution in [0.4, 0.5) is 11.5 Å². The number of nitrogens with one attached hydrogen (secondary N) is 1. The van der Waals surface area contributed by atoms with Crippen molar-refractivity contribution in [3.8, 4) is 11.4 Å². The highest BCUT2D eigenvalue weighted by Gasteiger charge is 2.27. The second-order valence-electron chi connectivity index (χ2n) is 7.47. The van der Waals surface area contributed by atoms with Gasteiger partial charge in [0, 0.05) is 42.0 Å². The summed E-state index contributed by atoms with van der Waals surface area (Å²) in [6, 6.07) is 7.86. The molecule has 8 nitrogen and oxygen atoms in total. The summed E-state index contributed by atoms with van der Waals surface area (Å²) in [6.45, 7) is 6.74. The first-order chi connectivity index (χ1) is 13.9. The molecule has 2 aromatic rings. The molecular formula is C21H27N5O3. The number of likely N-dealkylation sites (tertiary alicyclic amines) is 1. The first-order valence-electron chi connectivity index (χ1n) is 10.1. The lowest BCUT2D eigenvalue weighted by Gasteiger charge is -2.35. The highest BCUT2D eigenvalue weighted by Crippen LogP contribution is 2.23. The summed E-state index contributed by atoms with van der Waals surface area (Å²) in [5.74, 6) is 1.13. The Hall–Kier alpha value is -3.03. The van der Waals surface area contributed by atoms with Gasteiger partial charge in [-0.15, -0.1) is 0 Å². The zero-order valence-corrected chi connectivity index (χ0v) is 17.1. The van der Waals surface area contributed by atoms with Crippen molar-refractivity contribution < 1.29 is 9.72 Å². The van der Waals surface area contributed by atoms with E-state index in [1.165, 1.54) is 12.1 Å². The number of aryl methyl sites for hydroxylation is 1. The molecule has 3 rings (SSSR count). The zero-order chi connectivity index (χ0) is 21.0. The van der Waals surface area contributed by atoms with Crippen molar-refractivity contribution in [1.82, 2.24) is 14.9 Å². The molecule has 1 aromatic carbocycles. The molecule has 1 aliphatic heterocycles. The maximum Gasteiger partial charge on any atom is 0.269 e. The molecule has 2 heterocycles. The van der Waals surface area contributed by atoms with E-state index in [1.54, 1.807) is 12.1 Å². The van der Waals surface area contributed by atoms with E-state index in [1.807, 2.05) is 24.8 Å². The minimum Gasteiger partial charge on any atom is -0.358 e. The van der Waals surface area contributed by atoms with Crippen LogP contribution >= 0.6 is 0 Å². The fraction of sp³-hybridized carbons (Fsp3) is 0.476. The number of piperidine rings is 1. The molecule has 0 aliphatic carbocycles. The molecule has 29 heavy (non-hydrogen) atoms. The van der Waals surface area contributed by atoms with Gasteiger partial charge in [0.15, 0.2) is 5.82 Å². The lowest BCUT2D eigenvalue weighted by molar-refractivity contribution is -0.384. The molecule has 1 saturated heterocycles. The summed E-state index contributed by atoms with van der Waals surface area (Å²) in [5, 5.41) is 14.1. The van der Waals surface area contributed by atoms with E-state index in [9.17, 15) is 14.9 Å². The number of nitro groups is 1. The van der Waals surface area contributed by atoms with Gasteiger partial charge in [-0.25, -0.2) is 9.97 Å². The fourth-order valence-corrected chi connectivity index (χ4v) is 3.57. The molecule has 0 radical (unpaired) electrons. The SMILES string of the molecule is CCc1cc(NC(C)C(=O)N2CCCCC2C)nc(-c2ccc([N+](=O)[O-])cc2)n1. The van der Waals surface area contributed by atoms with Crippen molar-refractivity contribution in [2.24, 2.45) is 0 Å². The summed E-state index contributed by atoms with van der Waals surface area (Å²) in [5.41, 5.74) is 1.55. The normalized spacial score (nSPS) is 17.6. The number of nitro benzene ring substituents is 1. The second-order valence-corrected chi connectivity index (χ2v) is 7.47. The minimum atomic E-state index is -0.436. The topological polar surface area (TPSA) is 101 Å². The highest BCUT2D eigenvalue weighted by molar-refractivity contribution is 5.84. The Bertz CT molecular complexity index is 884. The van der Waals surface area contributed by atoms with Gasteiger partial charge < -0.3 is 10.2 Å². The molecule has 1 amide bonds. The molecule has 8 heteroatoms. The third-order valence-corrected chi connectivity index (χ3v) is 5.30. The Labute approximate surface area is 170 Å². The van der Waals surface area contributed by atoms with Crippen molar-refractivity contribution in [2.45, 2.75) is 58.5 Å². The minimum absolute atomic E-state index is 0.0219. The maximum absolute atomic E-state index is 12.9.